The van der Waals surface area contributed by atoms with E-state index in [2.05, 4.69) is 0 Å². The topological polar surface area (TPSA) is 78.0 Å². The molecule has 1 atom stereocenters. The van der Waals surface area contributed by atoms with E-state index in [9.17, 15) is 18.0 Å². The molecule has 0 N–H and O–H groups in total. The quantitative estimate of drug-likeness (QED) is 0.669. The van der Waals surface area contributed by atoms with Crippen molar-refractivity contribution in [2.24, 2.45) is 11.8 Å². The second kappa shape index (κ2) is 7.70. The van der Waals surface area contributed by atoms with Gasteiger partial charge in [0.25, 0.3) is 0 Å². The Balaban J connectivity index is 1.37. The summed E-state index contributed by atoms with van der Waals surface area (Å²) in [6.45, 7) is 2.52. The Morgan fingerprint density at radius 1 is 0.853 bits per heavy atom. The summed E-state index contributed by atoms with van der Waals surface area (Å²) >= 11 is 0. The van der Waals surface area contributed by atoms with Crippen LogP contribution < -0.4 is 14.1 Å². The fourth-order valence-electron chi connectivity index (χ4n) is 4.91. The number of hydrogen-bond acceptors (Lipinski definition) is 4. The minimum Gasteiger partial charge on any atom is -0.308 e. The van der Waals surface area contributed by atoms with Crippen molar-refractivity contribution in [1.29, 1.82) is 0 Å². The number of hydrogen-bond donors (Lipinski definition) is 0. The third kappa shape index (κ3) is 3.60. The molecule has 0 unspecified atom stereocenters. The Kier molecular flexibility index (Phi) is 4.85. The SMILES string of the molecule is C[C@H]1CN(C(=O)C2CC2)c2cc(-c3ccc(N4C=CCS4(=O)=O)cc3)ccc2N1C(=O)C1CC1. The van der Waals surface area contributed by atoms with Gasteiger partial charge < -0.3 is 9.80 Å². The van der Waals surface area contributed by atoms with Gasteiger partial charge in [0.15, 0.2) is 0 Å². The fraction of sp³-hybridized carbons (Fsp3) is 0.385. The van der Waals surface area contributed by atoms with Crippen LogP contribution >= 0.6 is 0 Å². The Morgan fingerprint density at radius 3 is 2.12 bits per heavy atom. The molecule has 2 amide bonds. The molecule has 6 rings (SSSR count). The zero-order chi connectivity index (χ0) is 23.6. The van der Waals surface area contributed by atoms with E-state index in [1.165, 1.54) is 4.31 Å². The highest BCUT2D eigenvalue weighted by molar-refractivity contribution is 7.93. The lowest BCUT2D eigenvalue weighted by atomic mass is 9.99. The van der Waals surface area contributed by atoms with Crippen molar-refractivity contribution in [2.75, 3.05) is 26.4 Å². The van der Waals surface area contributed by atoms with Gasteiger partial charge in [0.2, 0.25) is 21.8 Å². The van der Waals surface area contributed by atoms with E-state index >= 15 is 0 Å². The van der Waals surface area contributed by atoms with Gasteiger partial charge in [-0.05, 0) is 68.0 Å². The summed E-state index contributed by atoms with van der Waals surface area (Å²) in [5.74, 6) is 0.501. The van der Waals surface area contributed by atoms with Crippen molar-refractivity contribution in [3.63, 3.8) is 0 Å². The van der Waals surface area contributed by atoms with E-state index in [1.54, 1.807) is 24.4 Å². The number of fused-ring (bicyclic) bond motifs is 1. The Bertz CT molecular complexity index is 1310. The maximum absolute atomic E-state index is 13.1. The zero-order valence-corrected chi connectivity index (χ0v) is 19.9. The van der Waals surface area contributed by atoms with Crippen molar-refractivity contribution < 1.29 is 18.0 Å². The van der Waals surface area contributed by atoms with Gasteiger partial charge in [0.05, 0.1) is 28.9 Å². The second-order valence-electron chi connectivity index (χ2n) is 9.76. The highest BCUT2D eigenvalue weighted by atomic mass is 32.2. The highest BCUT2D eigenvalue weighted by Gasteiger charge is 2.43. The molecule has 0 bridgehead atoms. The van der Waals surface area contributed by atoms with Crippen LogP contribution in [0.15, 0.2) is 54.7 Å². The molecule has 4 aliphatic rings. The largest absolute Gasteiger partial charge is 0.308 e. The normalized spacial score (nSPS) is 23.2. The Labute approximate surface area is 199 Å². The zero-order valence-electron chi connectivity index (χ0n) is 19.1. The van der Waals surface area contributed by atoms with Crippen molar-refractivity contribution in [3.8, 4) is 11.1 Å². The standard InChI is InChI=1S/C26H27N3O4S/c1-17-16-27(25(30)19-3-4-19)24-15-21(9-12-23(24)29(17)26(31)20-5-6-20)18-7-10-22(11-8-18)28-13-2-14-34(28,32)33/h2,7-13,15,17,19-20H,3-6,14,16H2,1H3/t17-/m0/s1. The predicted molar refractivity (Wildman–Crippen MR) is 132 cm³/mol. The second-order valence-corrected chi connectivity index (χ2v) is 11.7. The number of amides is 2. The number of benzene rings is 2. The average Bonchev–Trinajstić information content (AvgIpc) is 3.74. The lowest BCUT2D eigenvalue weighted by Gasteiger charge is -2.41. The molecule has 8 heteroatoms. The van der Waals surface area contributed by atoms with Gasteiger partial charge >= 0.3 is 0 Å². The van der Waals surface area contributed by atoms with E-state index in [4.69, 9.17) is 0 Å². The lowest BCUT2D eigenvalue weighted by Crippen LogP contribution is -2.52. The third-order valence-electron chi connectivity index (χ3n) is 7.07. The summed E-state index contributed by atoms with van der Waals surface area (Å²) in [5.41, 5.74) is 4.03. The number of anilines is 3. The molecule has 2 saturated carbocycles. The van der Waals surface area contributed by atoms with Crippen molar-refractivity contribution in [3.05, 3.63) is 54.7 Å². The van der Waals surface area contributed by atoms with Crippen LogP contribution in [0.3, 0.4) is 0 Å². The molecule has 2 fully saturated rings. The Hall–Kier alpha value is -3.13. The summed E-state index contributed by atoms with van der Waals surface area (Å²) in [6, 6.07) is 13.2. The molecule has 2 heterocycles. The van der Waals surface area contributed by atoms with Gasteiger partial charge in [-0.2, -0.15) is 0 Å². The predicted octanol–water partition coefficient (Wildman–Crippen LogP) is 3.91. The van der Waals surface area contributed by atoms with Gasteiger partial charge in [0, 0.05) is 24.6 Å². The molecular weight excluding hydrogens is 450 g/mol. The van der Waals surface area contributed by atoms with Crippen LogP contribution in [0.5, 0.6) is 0 Å². The van der Waals surface area contributed by atoms with Crippen LogP contribution in [0.25, 0.3) is 11.1 Å². The first-order valence-electron chi connectivity index (χ1n) is 11.9. The van der Waals surface area contributed by atoms with Gasteiger partial charge in [-0.15, -0.1) is 0 Å². The first-order valence-corrected chi connectivity index (χ1v) is 13.5. The van der Waals surface area contributed by atoms with E-state index in [-0.39, 0.29) is 35.4 Å². The van der Waals surface area contributed by atoms with E-state index in [0.29, 0.717) is 12.2 Å². The molecular formula is C26H27N3O4S. The highest BCUT2D eigenvalue weighted by Crippen LogP contribution is 2.44. The number of sulfonamides is 1. The monoisotopic (exact) mass is 477 g/mol. The van der Waals surface area contributed by atoms with Gasteiger partial charge in [-0.25, -0.2) is 12.7 Å². The molecule has 0 saturated heterocycles. The van der Waals surface area contributed by atoms with E-state index < -0.39 is 10.0 Å². The first kappa shape index (κ1) is 21.4. The van der Waals surface area contributed by atoms with Gasteiger partial charge in [-0.1, -0.05) is 24.3 Å². The van der Waals surface area contributed by atoms with Gasteiger partial charge in [-0.3, -0.25) is 9.59 Å². The molecule has 2 aliphatic carbocycles. The number of nitrogens with zero attached hydrogens (tertiary/aromatic N) is 3. The molecule has 34 heavy (non-hydrogen) atoms. The van der Waals surface area contributed by atoms with Gasteiger partial charge in [0.1, 0.15) is 0 Å². The molecule has 2 aromatic rings. The Morgan fingerprint density at radius 2 is 1.50 bits per heavy atom. The minimum atomic E-state index is -3.33. The van der Waals surface area contributed by atoms with Crippen LogP contribution in [0.1, 0.15) is 32.6 Å². The maximum Gasteiger partial charge on any atom is 0.242 e. The van der Waals surface area contributed by atoms with Crippen LogP contribution in [0, 0.1) is 11.8 Å². The molecule has 0 spiro atoms. The molecule has 176 valence electrons. The number of carbonyl (C=O) groups excluding carboxylic acids is 2. The minimum absolute atomic E-state index is 0.0128. The average molecular weight is 478 g/mol. The molecule has 2 aliphatic heterocycles. The van der Waals surface area contributed by atoms with Crippen molar-refractivity contribution in [1.82, 2.24) is 0 Å². The summed E-state index contributed by atoms with van der Waals surface area (Å²) in [6.07, 6.45) is 6.95. The molecule has 0 radical (unpaired) electrons. The van der Waals surface area contributed by atoms with Crippen LogP contribution in [-0.2, 0) is 19.6 Å². The summed E-state index contributed by atoms with van der Waals surface area (Å²) in [7, 11) is -3.33. The van der Waals surface area contributed by atoms with E-state index in [1.807, 2.05) is 47.1 Å². The smallest absolute Gasteiger partial charge is 0.242 e. The maximum atomic E-state index is 13.1. The van der Waals surface area contributed by atoms with Crippen LogP contribution in [-0.4, -0.2) is 38.6 Å². The lowest BCUT2D eigenvalue weighted by molar-refractivity contribution is -0.122. The molecule has 7 nitrogen and oxygen atoms in total. The fourth-order valence-corrected chi connectivity index (χ4v) is 6.11. The van der Waals surface area contributed by atoms with E-state index in [0.717, 1.165) is 48.2 Å². The summed E-state index contributed by atoms with van der Waals surface area (Å²) < 4.78 is 25.7. The third-order valence-corrected chi connectivity index (χ3v) is 8.62. The molecule has 2 aromatic carbocycles. The van der Waals surface area contributed by atoms with Crippen LogP contribution in [0.2, 0.25) is 0 Å². The van der Waals surface area contributed by atoms with Crippen molar-refractivity contribution in [2.45, 2.75) is 38.6 Å². The summed E-state index contributed by atoms with van der Waals surface area (Å²) in [4.78, 5) is 30.0. The summed E-state index contributed by atoms with van der Waals surface area (Å²) in [5, 5.41) is 0. The first-order chi connectivity index (χ1) is 16.3. The molecule has 0 aromatic heterocycles. The van der Waals surface area contributed by atoms with Crippen molar-refractivity contribution >= 4 is 38.9 Å². The number of rotatable bonds is 4. The number of carbonyl (C=O) groups is 2. The van der Waals surface area contributed by atoms with Crippen LogP contribution in [0.4, 0.5) is 17.1 Å².